The Kier molecular flexibility index (Phi) is 8.93. The number of anilines is 1. The molecule has 0 unspecified atom stereocenters. The molecule has 0 radical (unpaired) electrons. The van der Waals surface area contributed by atoms with E-state index in [1.54, 1.807) is 16.4 Å². The molecule has 8 nitrogen and oxygen atoms in total. The van der Waals surface area contributed by atoms with Crippen LogP contribution in [0.4, 0.5) is 18.9 Å². The second-order valence-corrected chi connectivity index (χ2v) is 12.2. The average molecular weight is 603 g/mol. The molecule has 5 rings (SSSR count). The molecule has 1 saturated heterocycles. The summed E-state index contributed by atoms with van der Waals surface area (Å²) in [6.07, 6.45) is -3.28. The van der Waals surface area contributed by atoms with Crippen LogP contribution in [-0.2, 0) is 23.2 Å². The molecule has 12 heteroatoms. The molecular formula is C30H33F3N4O4S. The average Bonchev–Trinajstić information content (AvgIpc) is 3.32. The van der Waals surface area contributed by atoms with Crippen LogP contribution < -0.4 is 14.4 Å². The Morgan fingerprint density at radius 1 is 0.905 bits per heavy atom. The molecule has 0 saturated carbocycles. The number of nitrogens with zero attached hydrogens (tertiary/aromatic N) is 4. The van der Waals surface area contributed by atoms with E-state index in [0.29, 0.717) is 50.7 Å². The van der Waals surface area contributed by atoms with Crippen LogP contribution in [0.5, 0.6) is 11.5 Å². The van der Waals surface area contributed by atoms with Crippen LogP contribution in [0.25, 0.3) is 11.0 Å². The van der Waals surface area contributed by atoms with Crippen molar-refractivity contribution >= 4 is 26.7 Å². The van der Waals surface area contributed by atoms with Crippen LogP contribution in [0, 0.1) is 0 Å². The lowest BCUT2D eigenvalue weighted by Gasteiger charge is -2.35. The quantitative estimate of drug-likeness (QED) is 0.216. The van der Waals surface area contributed by atoms with E-state index >= 15 is 0 Å². The summed E-state index contributed by atoms with van der Waals surface area (Å²) in [6.45, 7) is 4.49. The van der Waals surface area contributed by atoms with Crippen molar-refractivity contribution in [2.45, 2.75) is 39.3 Å². The monoisotopic (exact) mass is 602 g/mol. The van der Waals surface area contributed by atoms with E-state index < -0.39 is 16.4 Å². The van der Waals surface area contributed by atoms with Crippen LogP contribution in [-0.4, -0.2) is 60.6 Å². The summed E-state index contributed by atoms with van der Waals surface area (Å²) in [4.78, 5) is 6.97. The molecule has 0 bridgehead atoms. The summed E-state index contributed by atoms with van der Waals surface area (Å²) in [5, 5.41) is 0. The fraction of sp³-hybridized carbons (Fsp3) is 0.367. The lowest BCUT2D eigenvalue weighted by Crippen LogP contribution is -2.49. The molecule has 3 aromatic carbocycles. The van der Waals surface area contributed by atoms with Crippen molar-refractivity contribution in [1.82, 2.24) is 13.9 Å². The summed E-state index contributed by atoms with van der Waals surface area (Å²) in [5.74, 6) is 1.24. The number of alkyl halides is 3. The van der Waals surface area contributed by atoms with Gasteiger partial charge in [-0.25, -0.2) is 13.4 Å². The predicted octanol–water partition coefficient (Wildman–Crippen LogP) is 5.81. The summed E-state index contributed by atoms with van der Waals surface area (Å²) in [6, 6.07) is 21.1. The van der Waals surface area contributed by atoms with Crippen molar-refractivity contribution in [1.29, 1.82) is 0 Å². The molecule has 1 fully saturated rings. The first-order valence-electron chi connectivity index (χ1n) is 13.9. The first kappa shape index (κ1) is 29.7. The number of benzene rings is 3. The molecule has 42 heavy (non-hydrogen) atoms. The van der Waals surface area contributed by atoms with Crippen LogP contribution >= 0.6 is 0 Å². The van der Waals surface area contributed by atoms with Gasteiger partial charge in [0, 0.05) is 38.4 Å². The van der Waals surface area contributed by atoms with E-state index in [-0.39, 0.29) is 18.1 Å². The van der Waals surface area contributed by atoms with Crippen LogP contribution in [0.1, 0.15) is 31.2 Å². The highest BCUT2D eigenvalue weighted by Crippen LogP contribution is 2.28. The predicted molar refractivity (Wildman–Crippen MR) is 155 cm³/mol. The second-order valence-electron chi connectivity index (χ2n) is 10.1. The molecule has 0 amide bonds. The fourth-order valence-electron chi connectivity index (χ4n) is 4.97. The molecule has 0 atom stereocenters. The van der Waals surface area contributed by atoms with Crippen molar-refractivity contribution in [3.05, 3.63) is 84.2 Å². The highest BCUT2D eigenvalue weighted by molar-refractivity contribution is 7.89. The van der Waals surface area contributed by atoms with Crippen LogP contribution in [0.2, 0.25) is 0 Å². The highest BCUT2D eigenvalue weighted by atomic mass is 32.2. The number of aromatic nitrogens is 2. The summed E-state index contributed by atoms with van der Waals surface area (Å²) < 4.78 is 76.8. The Bertz CT molecular complexity index is 1580. The molecule has 0 N–H and O–H groups in total. The standard InChI is InChI=1S/C30H33F3N4O4S/c1-2-3-19-42(38,39)36-17-15-35(16-18-36)24-11-14-27-28(20-24)37(29(34-27)22-40-25-7-5-4-6-8-25)21-23-9-12-26(13-10-23)41-30(31,32)33/h4-14,20H,2-3,15-19,21-22H2,1H3. The van der Waals surface area contributed by atoms with E-state index in [9.17, 15) is 21.6 Å². The first-order valence-corrected chi connectivity index (χ1v) is 15.5. The molecule has 1 aromatic heterocycles. The third kappa shape index (κ3) is 7.35. The smallest absolute Gasteiger partial charge is 0.486 e. The highest BCUT2D eigenvalue weighted by Gasteiger charge is 2.31. The maximum absolute atomic E-state index is 12.7. The number of rotatable bonds is 11. The topological polar surface area (TPSA) is 76.9 Å². The third-order valence-electron chi connectivity index (χ3n) is 7.17. The van der Waals surface area contributed by atoms with Gasteiger partial charge in [-0.15, -0.1) is 13.2 Å². The van der Waals surface area contributed by atoms with Gasteiger partial charge in [0.15, 0.2) is 0 Å². The van der Waals surface area contributed by atoms with Gasteiger partial charge in [-0.1, -0.05) is 43.7 Å². The first-order chi connectivity index (χ1) is 20.1. The molecular weight excluding hydrogens is 569 g/mol. The number of para-hydroxylation sites is 1. The van der Waals surface area contributed by atoms with Gasteiger partial charge in [0.25, 0.3) is 0 Å². The van der Waals surface area contributed by atoms with E-state index in [2.05, 4.69) is 9.64 Å². The van der Waals surface area contributed by atoms with E-state index in [4.69, 9.17) is 9.72 Å². The maximum Gasteiger partial charge on any atom is 0.573 e. The van der Waals surface area contributed by atoms with E-state index in [0.717, 1.165) is 28.7 Å². The zero-order chi connectivity index (χ0) is 29.7. The number of ether oxygens (including phenoxy) is 2. The Labute approximate surface area is 243 Å². The summed E-state index contributed by atoms with van der Waals surface area (Å²) in [5.41, 5.74) is 3.30. The van der Waals surface area contributed by atoms with Gasteiger partial charge in [0.2, 0.25) is 10.0 Å². The molecule has 1 aliphatic rings. The van der Waals surface area contributed by atoms with E-state index in [1.807, 2.05) is 60.0 Å². The normalized spacial score (nSPS) is 14.8. The second kappa shape index (κ2) is 12.6. The molecule has 4 aromatic rings. The lowest BCUT2D eigenvalue weighted by atomic mass is 10.2. The number of piperazine rings is 1. The van der Waals surface area contributed by atoms with Crippen molar-refractivity contribution in [2.24, 2.45) is 0 Å². The zero-order valence-corrected chi connectivity index (χ0v) is 24.1. The fourth-order valence-corrected chi connectivity index (χ4v) is 6.60. The van der Waals surface area contributed by atoms with Crippen molar-refractivity contribution in [2.75, 3.05) is 36.8 Å². The number of hydrogen-bond acceptors (Lipinski definition) is 6. The minimum Gasteiger partial charge on any atom is -0.486 e. The van der Waals surface area contributed by atoms with Gasteiger partial charge in [-0.3, -0.25) is 0 Å². The van der Waals surface area contributed by atoms with Crippen LogP contribution in [0.3, 0.4) is 0 Å². The summed E-state index contributed by atoms with van der Waals surface area (Å²) >= 11 is 0. The Balaban J connectivity index is 1.40. The van der Waals surface area contributed by atoms with E-state index in [1.165, 1.54) is 12.1 Å². The molecule has 0 aliphatic carbocycles. The Morgan fingerprint density at radius 3 is 2.29 bits per heavy atom. The van der Waals surface area contributed by atoms with Gasteiger partial charge in [-0.2, -0.15) is 4.31 Å². The minimum absolute atomic E-state index is 0.172. The summed E-state index contributed by atoms with van der Waals surface area (Å²) in [7, 11) is -3.26. The number of unbranched alkanes of at least 4 members (excludes halogenated alkanes) is 1. The van der Waals surface area contributed by atoms with Gasteiger partial charge in [0.05, 0.1) is 16.8 Å². The van der Waals surface area contributed by atoms with Crippen molar-refractivity contribution in [3.8, 4) is 11.5 Å². The van der Waals surface area contributed by atoms with Gasteiger partial charge < -0.3 is 18.9 Å². The molecule has 0 spiro atoms. The number of imidazole rings is 1. The minimum atomic E-state index is -4.76. The number of fused-ring (bicyclic) bond motifs is 1. The molecule has 1 aliphatic heterocycles. The van der Waals surface area contributed by atoms with Gasteiger partial charge >= 0.3 is 6.36 Å². The maximum atomic E-state index is 12.7. The Morgan fingerprint density at radius 2 is 1.62 bits per heavy atom. The van der Waals surface area contributed by atoms with Crippen LogP contribution in [0.15, 0.2) is 72.8 Å². The zero-order valence-electron chi connectivity index (χ0n) is 23.3. The number of halogens is 3. The van der Waals surface area contributed by atoms with Gasteiger partial charge in [0.1, 0.15) is 23.9 Å². The number of hydrogen-bond donors (Lipinski definition) is 0. The largest absolute Gasteiger partial charge is 0.573 e. The SMILES string of the molecule is CCCCS(=O)(=O)N1CCN(c2ccc3nc(COc4ccccc4)n(Cc4ccc(OC(F)(F)F)cc4)c3c2)CC1. The third-order valence-corrected chi connectivity index (χ3v) is 9.13. The van der Waals surface area contributed by atoms with Crippen molar-refractivity contribution in [3.63, 3.8) is 0 Å². The Hall–Kier alpha value is -3.77. The lowest BCUT2D eigenvalue weighted by molar-refractivity contribution is -0.274. The molecule has 224 valence electrons. The number of sulfonamides is 1. The van der Waals surface area contributed by atoms with Gasteiger partial charge in [-0.05, 0) is 54.4 Å². The van der Waals surface area contributed by atoms with Crippen molar-refractivity contribution < 1.29 is 31.1 Å². The molecule has 2 heterocycles.